The molecule has 2 atom stereocenters. The van der Waals surface area contributed by atoms with Crippen molar-refractivity contribution in [3.8, 4) is 6.07 Å². The molecule has 2 aliphatic carbocycles. The quantitative estimate of drug-likeness (QED) is 0.820. The number of carbonyl (C=O) groups is 1. The summed E-state index contributed by atoms with van der Waals surface area (Å²) in [5.41, 5.74) is -1.04. The van der Waals surface area contributed by atoms with Gasteiger partial charge in [-0.2, -0.15) is 5.26 Å². The van der Waals surface area contributed by atoms with E-state index in [1.807, 2.05) is 6.92 Å². The van der Waals surface area contributed by atoms with Gasteiger partial charge in [0.1, 0.15) is 5.41 Å². The largest absolute Gasteiger partial charge is 0.392 e. The minimum Gasteiger partial charge on any atom is -0.392 e. The minimum atomic E-state index is -0.810. The van der Waals surface area contributed by atoms with E-state index < -0.39 is 5.41 Å². The van der Waals surface area contributed by atoms with Crippen molar-refractivity contribution in [3.05, 3.63) is 0 Å². The Morgan fingerprint density at radius 2 is 1.95 bits per heavy atom. The van der Waals surface area contributed by atoms with Crippen LogP contribution in [0.15, 0.2) is 0 Å². The van der Waals surface area contributed by atoms with Crippen molar-refractivity contribution in [2.24, 2.45) is 10.8 Å². The van der Waals surface area contributed by atoms with E-state index in [1.165, 1.54) is 0 Å². The summed E-state index contributed by atoms with van der Waals surface area (Å²) in [6.07, 6.45) is 6.84. The average Bonchev–Trinajstić information content (AvgIpc) is 2.90. The molecule has 0 bridgehead atoms. The first-order valence-electron chi connectivity index (χ1n) is 7.40. The monoisotopic (exact) mass is 264 g/mol. The normalized spacial score (nSPS) is 33.6. The highest BCUT2D eigenvalue weighted by atomic mass is 16.3. The number of hydrogen-bond acceptors (Lipinski definition) is 3. The molecule has 2 rings (SSSR count). The third-order valence-corrected chi connectivity index (χ3v) is 5.04. The highest BCUT2D eigenvalue weighted by Crippen LogP contribution is 2.39. The lowest BCUT2D eigenvalue weighted by molar-refractivity contribution is -0.129. The summed E-state index contributed by atoms with van der Waals surface area (Å²) in [6.45, 7) is 2.52. The molecule has 0 spiro atoms. The summed E-state index contributed by atoms with van der Waals surface area (Å²) < 4.78 is 0. The molecule has 1 amide bonds. The van der Waals surface area contributed by atoms with E-state index in [2.05, 4.69) is 11.4 Å². The minimum absolute atomic E-state index is 0.133. The number of rotatable bonds is 3. The van der Waals surface area contributed by atoms with Gasteiger partial charge in [-0.25, -0.2) is 0 Å². The van der Waals surface area contributed by atoms with Crippen LogP contribution in [0.4, 0.5) is 0 Å². The van der Waals surface area contributed by atoms with Gasteiger partial charge in [0.15, 0.2) is 0 Å². The third kappa shape index (κ3) is 2.76. The van der Waals surface area contributed by atoms with E-state index in [9.17, 15) is 15.2 Å². The fourth-order valence-electron chi connectivity index (χ4n) is 3.41. The Hall–Kier alpha value is -1.08. The van der Waals surface area contributed by atoms with Crippen molar-refractivity contribution in [1.82, 2.24) is 5.32 Å². The molecule has 0 aromatic heterocycles. The van der Waals surface area contributed by atoms with Crippen LogP contribution in [0.3, 0.4) is 0 Å². The molecule has 106 valence electrons. The van der Waals surface area contributed by atoms with Gasteiger partial charge in [0, 0.05) is 12.0 Å². The van der Waals surface area contributed by atoms with Crippen LogP contribution in [0.2, 0.25) is 0 Å². The lowest BCUT2D eigenvalue weighted by Gasteiger charge is -2.39. The van der Waals surface area contributed by atoms with E-state index >= 15 is 0 Å². The number of hydrogen-bond donors (Lipinski definition) is 2. The second-order valence-electron chi connectivity index (χ2n) is 6.50. The lowest BCUT2D eigenvalue weighted by atomic mass is 9.73. The second kappa shape index (κ2) is 5.50. The van der Waals surface area contributed by atoms with Gasteiger partial charge in [-0.3, -0.25) is 4.79 Å². The number of aliphatic hydroxyl groups excluding tert-OH is 1. The summed E-state index contributed by atoms with van der Waals surface area (Å²) in [7, 11) is 0. The van der Waals surface area contributed by atoms with Gasteiger partial charge in [-0.1, -0.05) is 32.6 Å². The molecule has 0 aliphatic heterocycles. The third-order valence-electron chi connectivity index (χ3n) is 5.04. The van der Waals surface area contributed by atoms with Gasteiger partial charge in [-0.15, -0.1) is 0 Å². The molecule has 19 heavy (non-hydrogen) atoms. The van der Waals surface area contributed by atoms with E-state index in [0.717, 1.165) is 38.5 Å². The first kappa shape index (κ1) is 14.3. The molecule has 0 saturated heterocycles. The first-order valence-corrected chi connectivity index (χ1v) is 7.40. The van der Waals surface area contributed by atoms with E-state index in [0.29, 0.717) is 19.4 Å². The standard InChI is InChI=1S/C15H24N2O2/c1-14(7-3-2-6-12(14)18)11-17-13(19)15(10-16)8-4-5-9-15/h12,18H,2-9,11H2,1H3,(H,17,19)/t12-,14+/m1/s1. The molecule has 2 aliphatic rings. The Bertz CT molecular complexity index is 382. The SMILES string of the molecule is C[C@@]1(CNC(=O)C2(C#N)CCCC2)CCCC[C@H]1O. The molecule has 2 N–H and O–H groups in total. The highest BCUT2D eigenvalue weighted by Gasteiger charge is 2.43. The molecule has 0 unspecified atom stereocenters. The topological polar surface area (TPSA) is 73.1 Å². The molecule has 4 nitrogen and oxygen atoms in total. The molecule has 2 saturated carbocycles. The average molecular weight is 264 g/mol. The fourth-order valence-corrected chi connectivity index (χ4v) is 3.41. The maximum absolute atomic E-state index is 12.3. The zero-order valence-electron chi connectivity index (χ0n) is 11.7. The smallest absolute Gasteiger partial charge is 0.240 e. The highest BCUT2D eigenvalue weighted by molar-refractivity contribution is 5.85. The summed E-state index contributed by atoms with van der Waals surface area (Å²) in [4.78, 5) is 12.3. The zero-order valence-corrected chi connectivity index (χ0v) is 11.7. The van der Waals surface area contributed by atoms with Crippen molar-refractivity contribution < 1.29 is 9.90 Å². The predicted octanol–water partition coefficient (Wildman–Crippen LogP) is 2.13. The van der Waals surface area contributed by atoms with Crippen molar-refractivity contribution in [2.45, 2.75) is 64.4 Å². The summed E-state index contributed by atoms with van der Waals surface area (Å²) in [6, 6.07) is 2.21. The maximum Gasteiger partial charge on any atom is 0.240 e. The van der Waals surface area contributed by atoms with Crippen LogP contribution in [0, 0.1) is 22.2 Å². The van der Waals surface area contributed by atoms with Crippen LogP contribution in [0.25, 0.3) is 0 Å². The molecular formula is C15H24N2O2. The number of nitrogens with zero attached hydrogens (tertiary/aromatic N) is 1. The van der Waals surface area contributed by atoms with Crippen molar-refractivity contribution in [2.75, 3.05) is 6.54 Å². The van der Waals surface area contributed by atoms with Crippen molar-refractivity contribution in [1.29, 1.82) is 5.26 Å². The van der Waals surface area contributed by atoms with E-state index in [1.54, 1.807) is 0 Å². The number of aliphatic hydroxyl groups is 1. The van der Waals surface area contributed by atoms with Gasteiger partial charge in [-0.05, 0) is 25.7 Å². The Morgan fingerprint density at radius 3 is 2.53 bits per heavy atom. The predicted molar refractivity (Wildman–Crippen MR) is 72.1 cm³/mol. The Balaban J connectivity index is 1.94. The number of nitrogens with one attached hydrogen (secondary N) is 1. The Kier molecular flexibility index (Phi) is 4.15. The Labute approximate surface area is 115 Å². The first-order chi connectivity index (χ1) is 9.02. The maximum atomic E-state index is 12.3. The molecule has 0 aromatic carbocycles. The van der Waals surface area contributed by atoms with Crippen LogP contribution in [0.5, 0.6) is 0 Å². The lowest BCUT2D eigenvalue weighted by Crippen LogP contribution is -2.48. The molecule has 0 heterocycles. The number of nitriles is 1. The van der Waals surface area contributed by atoms with Gasteiger partial charge in [0.2, 0.25) is 5.91 Å². The van der Waals surface area contributed by atoms with E-state index in [-0.39, 0.29) is 17.4 Å². The molecule has 4 heteroatoms. The molecule has 2 fully saturated rings. The zero-order chi connectivity index (χ0) is 13.9. The van der Waals surface area contributed by atoms with Crippen molar-refractivity contribution in [3.63, 3.8) is 0 Å². The molecule has 0 aromatic rings. The summed E-state index contributed by atoms with van der Waals surface area (Å²) in [5.74, 6) is -0.133. The van der Waals surface area contributed by atoms with Gasteiger partial charge < -0.3 is 10.4 Å². The van der Waals surface area contributed by atoms with Gasteiger partial charge in [0.05, 0.1) is 12.2 Å². The van der Waals surface area contributed by atoms with E-state index in [4.69, 9.17) is 0 Å². The summed E-state index contributed by atoms with van der Waals surface area (Å²) >= 11 is 0. The van der Waals surface area contributed by atoms with Crippen LogP contribution in [-0.4, -0.2) is 23.7 Å². The molecule has 0 radical (unpaired) electrons. The van der Waals surface area contributed by atoms with Crippen LogP contribution >= 0.6 is 0 Å². The van der Waals surface area contributed by atoms with Crippen LogP contribution in [0.1, 0.15) is 58.3 Å². The van der Waals surface area contributed by atoms with Gasteiger partial charge in [0.25, 0.3) is 0 Å². The second-order valence-corrected chi connectivity index (χ2v) is 6.50. The Morgan fingerprint density at radius 1 is 1.32 bits per heavy atom. The van der Waals surface area contributed by atoms with Crippen LogP contribution in [-0.2, 0) is 4.79 Å². The molecular weight excluding hydrogens is 240 g/mol. The number of carbonyl (C=O) groups excluding carboxylic acids is 1. The summed E-state index contributed by atoms with van der Waals surface area (Å²) in [5, 5.41) is 22.3. The fraction of sp³-hybridized carbons (Fsp3) is 0.867. The van der Waals surface area contributed by atoms with Gasteiger partial charge >= 0.3 is 0 Å². The number of amides is 1. The van der Waals surface area contributed by atoms with Crippen molar-refractivity contribution >= 4 is 5.91 Å². The van der Waals surface area contributed by atoms with Crippen LogP contribution < -0.4 is 5.32 Å².